The lowest BCUT2D eigenvalue weighted by molar-refractivity contribution is -0.0801. The van der Waals surface area contributed by atoms with Crippen molar-refractivity contribution < 1.29 is 22.3 Å². The maximum absolute atomic E-state index is 14.0. The quantitative estimate of drug-likeness (QED) is 0.468. The van der Waals surface area contributed by atoms with Crippen LogP contribution < -0.4 is 4.74 Å². The Bertz CT molecular complexity index is 688. The molecule has 0 amide bonds. The van der Waals surface area contributed by atoms with Crippen molar-refractivity contribution in [2.45, 2.75) is 25.9 Å². The number of hydrogen-bond acceptors (Lipinski definition) is 1. The molecule has 0 radical (unpaired) electrons. The molecule has 0 aliphatic heterocycles. The Morgan fingerprint density at radius 2 is 1.67 bits per heavy atom. The van der Waals surface area contributed by atoms with Crippen LogP contribution in [-0.4, -0.2) is 12.8 Å². The lowest BCUT2D eigenvalue weighted by Crippen LogP contribution is -2.03. The standard InChI is InChI=1S/C19H18F4O/c1-2-4-14-5-7-15(8-6-14)16-9-10-18(17(20)13-16)24-12-3-11-19(21,22)23/h3,5-11,13H,2,4,12H2,1H3/b11-3+. The van der Waals surface area contributed by atoms with E-state index in [0.717, 1.165) is 24.5 Å². The van der Waals surface area contributed by atoms with E-state index < -0.39 is 12.0 Å². The van der Waals surface area contributed by atoms with E-state index in [1.807, 2.05) is 24.3 Å². The fourth-order valence-corrected chi connectivity index (χ4v) is 2.27. The molecule has 0 unspecified atom stereocenters. The number of aryl methyl sites for hydroxylation is 1. The van der Waals surface area contributed by atoms with Gasteiger partial charge in [0.05, 0.1) is 0 Å². The van der Waals surface area contributed by atoms with Crippen LogP contribution in [0.15, 0.2) is 54.6 Å². The molecule has 0 saturated carbocycles. The molecule has 2 aromatic rings. The first kappa shape index (κ1) is 18.0. The van der Waals surface area contributed by atoms with Crippen LogP contribution in [-0.2, 0) is 6.42 Å². The fourth-order valence-electron chi connectivity index (χ4n) is 2.27. The number of rotatable bonds is 6. The van der Waals surface area contributed by atoms with E-state index in [2.05, 4.69) is 6.92 Å². The minimum absolute atomic E-state index is 0.0666. The van der Waals surface area contributed by atoms with Gasteiger partial charge in [0.1, 0.15) is 6.61 Å². The van der Waals surface area contributed by atoms with Crippen molar-refractivity contribution in [3.63, 3.8) is 0 Å². The van der Waals surface area contributed by atoms with Gasteiger partial charge in [0.2, 0.25) is 0 Å². The monoisotopic (exact) mass is 338 g/mol. The highest BCUT2D eigenvalue weighted by Crippen LogP contribution is 2.26. The molecule has 128 valence electrons. The van der Waals surface area contributed by atoms with Crippen LogP contribution in [0.2, 0.25) is 0 Å². The second kappa shape index (κ2) is 7.99. The van der Waals surface area contributed by atoms with E-state index in [-0.39, 0.29) is 18.4 Å². The largest absolute Gasteiger partial charge is 0.486 e. The third-order valence-corrected chi connectivity index (χ3v) is 3.40. The molecule has 5 heteroatoms. The first-order valence-electron chi connectivity index (χ1n) is 7.65. The molecule has 2 aromatic carbocycles. The van der Waals surface area contributed by atoms with E-state index in [9.17, 15) is 17.6 Å². The molecular weight excluding hydrogens is 320 g/mol. The van der Waals surface area contributed by atoms with E-state index in [1.54, 1.807) is 6.07 Å². The number of hydrogen-bond donors (Lipinski definition) is 0. The summed E-state index contributed by atoms with van der Waals surface area (Å²) in [4.78, 5) is 0. The smallest absolute Gasteiger partial charge is 0.409 e. The van der Waals surface area contributed by atoms with Crippen molar-refractivity contribution in [3.05, 3.63) is 66.0 Å². The third kappa shape index (κ3) is 5.41. The van der Waals surface area contributed by atoms with Crippen LogP contribution in [0.1, 0.15) is 18.9 Å². The SMILES string of the molecule is CCCc1ccc(-c2ccc(OC/C=C/C(F)(F)F)c(F)c2)cc1. The summed E-state index contributed by atoms with van der Waals surface area (Å²) in [6.07, 6.45) is -1.47. The Morgan fingerprint density at radius 3 is 2.25 bits per heavy atom. The van der Waals surface area contributed by atoms with Gasteiger partial charge in [-0.1, -0.05) is 43.7 Å². The first-order chi connectivity index (χ1) is 11.4. The maximum atomic E-state index is 14.0. The van der Waals surface area contributed by atoms with Crippen molar-refractivity contribution in [1.82, 2.24) is 0 Å². The van der Waals surface area contributed by atoms with Crippen LogP contribution in [0.3, 0.4) is 0 Å². The molecule has 0 aromatic heterocycles. The van der Waals surface area contributed by atoms with Crippen LogP contribution >= 0.6 is 0 Å². The minimum Gasteiger partial charge on any atom is -0.486 e. The number of ether oxygens (including phenoxy) is 1. The Balaban J connectivity index is 2.05. The minimum atomic E-state index is -4.39. The van der Waals surface area contributed by atoms with Crippen LogP contribution in [0, 0.1) is 5.82 Å². The maximum Gasteiger partial charge on any atom is 0.409 e. The zero-order valence-corrected chi connectivity index (χ0v) is 13.2. The van der Waals surface area contributed by atoms with E-state index >= 15 is 0 Å². The van der Waals surface area contributed by atoms with Crippen molar-refractivity contribution in [3.8, 4) is 16.9 Å². The molecule has 0 spiro atoms. The Hall–Kier alpha value is -2.30. The summed E-state index contributed by atoms with van der Waals surface area (Å²) in [7, 11) is 0. The Kier molecular flexibility index (Phi) is 6.01. The number of alkyl halides is 3. The molecule has 24 heavy (non-hydrogen) atoms. The molecule has 0 bridgehead atoms. The van der Waals surface area contributed by atoms with Crippen molar-refractivity contribution in [1.29, 1.82) is 0 Å². The molecule has 0 aliphatic carbocycles. The summed E-state index contributed by atoms with van der Waals surface area (Å²) in [6, 6.07) is 12.3. The van der Waals surface area contributed by atoms with Crippen LogP contribution in [0.5, 0.6) is 5.75 Å². The zero-order chi connectivity index (χ0) is 17.6. The summed E-state index contributed by atoms with van der Waals surface area (Å²) >= 11 is 0. The molecule has 0 aliphatic rings. The zero-order valence-electron chi connectivity index (χ0n) is 13.2. The fraction of sp³-hybridized carbons (Fsp3) is 0.263. The Morgan fingerprint density at radius 1 is 1.00 bits per heavy atom. The lowest BCUT2D eigenvalue weighted by Gasteiger charge is -2.08. The van der Waals surface area contributed by atoms with Gasteiger partial charge in [0, 0.05) is 6.08 Å². The van der Waals surface area contributed by atoms with Gasteiger partial charge < -0.3 is 4.74 Å². The van der Waals surface area contributed by atoms with Crippen molar-refractivity contribution in [2.24, 2.45) is 0 Å². The molecule has 0 saturated heterocycles. The number of benzene rings is 2. The molecule has 0 heterocycles. The summed E-state index contributed by atoms with van der Waals surface area (Å²) in [5.41, 5.74) is 2.78. The number of halogens is 4. The molecule has 0 fully saturated rings. The molecule has 1 nitrogen and oxygen atoms in total. The molecular formula is C19H18F4O. The van der Waals surface area contributed by atoms with Gasteiger partial charge in [0.25, 0.3) is 0 Å². The van der Waals surface area contributed by atoms with Gasteiger partial charge in [-0.05, 0) is 41.3 Å². The topological polar surface area (TPSA) is 9.23 Å². The summed E-state index contributed by atoms with van der Waals surface area (Å²) < 4.78 is 54.9. The number of allylic oxidation sites excluding steroid dienone is 1. The van der Waals surface area contributed by atoms with Gasteiger partial charge in [-0.15, -0.1) is 0 Å². The molecule has 0 N–H and O–H groups in total. The predicted octanol–water partition coefficient (Wildman–Crippen LogP) is 5.94. The third-order valence-electron chi connectivity index (χ3n) is 3.40. The highest BCUT2D eigenvalue weighted by atomic mass is 19.4. The lowest BCUT2D eigenvalue weighted by atomic mass is 10.0. The van der Waals surface area contributed by atoms with Gasteiger partial charge in [-0.2, -0.15) is 13.2 Å². The highest BCUT2D eigenvalue weighted by molar-refractivity contribution is 5.64. The van der Waals surface area contributed by atoms with Crippen LogP contribution in [0.4, 0.5) is 17.6 Å². The summed E-state index contributed by atoms with van der Waals surface area (Å²) in [6.45, 7) is 1.76. The van der Waals surface area contributed by atoms with Gasteiger partial charge in [-0.25, -0.2) is 4.39 Å². The van der Waals surface area contributed by atoms with Gasteiger partial charge in [-0.3, -0.25) is 0 Å². The van der Waals surface area contributed by atoms with Crippen molar-refractivity contribution in [2.75, 3.05) is 6.61 Å². The normalized spacial score (nSPS) is 11.9. The average Bonchev–Trinajstić information content (AvgIpc) is 2.53. The predicted molar refractivity (Wildman–Crippen MR) is 86.5 cm³/mol. The van der Waals surface area contributed by atoms with Gasteiger partial charge in [0.15, 0.2) is 11.6 Å². The van der Waals surface area contributed by atoms with E-state index in [4.69, 9.17) is 4.74 Å². The second-order valence-electron chi connectivity index (χ2n) is 5.35. The second-order valence-corrected chi connectivity index (χ2v) is 5.35. The highest BCUT2D eigenvalue weighted by Gasteiger charge is 2.21. The van der Waals surface area contributed by atoms with E-state index in [1.165, 1.54) is 17.7 Å². The molecule has 0 atom stereocenters. The van der Waals surface area contributed by atoms with Crippen LogP contribution in [0.25, 0.3) is 11.1 Å². The molecule has 2 rings (SSSR count). The summed E-state index contributed by atoms with van der Waals surface area (Å²) in [5, 5.41) is 0. The van der Waals surface area contributed by atoms with Crippen molar-refractivity contribution >= 4 is 0 Å². The van der Waals surface area contributed by atoms with E-state index in [0.29, 0.717) is 5.56 Å². The first-order valence-corrected chi connectivity index (χ1v) is 7.65. The van der Waals surface area contributed by atoms with Gasteiger partial charge >= 0.3 is 6.18 Å². The average molecular weight is 338 g/mol. The summed E-state index contributed by atoms with van der Waals surface area (Å²) in [5.74, 6) is -0.682. The Labute approximate surface area is 138 Å².